The van der Waals surface area contributed by atoms with Crippen molar-refractivity contribution in [1.29, 1.82) is 0 Å². The molecule has 0 aromatic carbocycles. The molecule has 5 heteroatoms. The average Bonchev–Trinajstić information content (AvgIpc) is 2.33. The number of hydrogen-bond acceptors (Lipinski definition) is 4. The van der Waals surface area contributed by atoms with E-state index in [9.17, 15) is 4.79 Å². The van der Waals surface area contributed by atoms with Gasteiger partial charge in [-0.05, 0) is 27.2 Å². The van der Waals surface area contributed by atoms with Crippen LogP contribution in [-0.2, 0) is 4.74 Å². The van der Waals surface area contributed by atoms with Gasteiger partial charge in [0.1, 0.15) is 11.9 Å². The summed E-state index contributed by atoms with van der Waals surface area (Å²) in [7, 11) is 1.73. The Bertz CT molecular complexity index is 424. The summed E-state index contributed by atoms with van der Waals surface area (Å²) in [5, 5.41) is 0. The Labute approximate surface area is 114 Å². The molecule has 1 amide bonds. The second-order valence-electron chi connectivity index (χ2n) is 5.26. The smallest absolute Gasteiger partial charge is 0.410 e. The molecule has 0 spiro atoms. The maximum Gasteiger partial charge on any atom is 0.410 e. The molecule has 1 aromatic heterocycles. The van der Waals surface area contributed by atoms with Gasteiger partial charge in [0.2, 0.25) is 0 Å². The van der Waals surface area contributed by atoms with Crippen molar-refractivity contribution in [3.63, 3.8) is 0 Å². The van der Waals surface area contributed by atoms with Crippen molar-refractivity contribution in [3.05, 3.63) is 30.4 Å². The first-order valence-corrected chi connectivity index (χ1v) is 6.24. The highest BCUT2D eigenvalue weighted by Gasteiger charge is 2.18. The molecule has 0 aliphatic heterocycles. The molecule has 1 rings (SSSR count). The number of aromatic nitrogens is 2. The number of amides is 1. The lowest BCUT2D eigenvalue weighted by Crippen LogP contribution is -2.34. The molecule has 0 aliphatic carbocycles. The first-order valence-electron chi connectivity index (χ1n) is 6.24. The van der Waals surface area contributed by atoms with Gasteiger partial charge in [-0.2, -0.15) is 0 Å². The fraction of sp³-hybridized carbons (Fsp3) is 0.500. The van der Waals surface area contributed by atoms with Crippen LogP contribution < -0.4 is 0 Å². The average molecular weight is 263 g/mol. The first kappa shape index (κ1) is 15.1. The van der Waals surface area contributed by atoms with Gasteiger partial charge in [0.25, 0.3) is 0 Å². The molecule has 0 N–H and O–H groups in total. The summed E-state index contributed by atoms with van der Waals surface area (Å²) in [6.45, 7) is 6.18. The Morgan fingerprint density at radius 1 is 1.37 bits per heavy atom. The highest BCUT2D eigenvalue weighted by Crippen LogP contribution is 2.09. The van der Waals surface area contributed by atoms with Crippen LogP contribution in [0.25, 0.3) is 6.08 Å². The third kappa shape index (κ3) is 6.55. The van der Waals surface area contributed by atoms with Gasteiger partial charge in [0, 0.05) is 31.5 Å². The van der Waals surface area contributed by atoms with Crippen LogP contribution in [0, 0.1) is 0 Å². The minimum atomic E-state index is -0.456. The van der Waals surface area contributed by atoms with Gasteiger partial charge in [-0.1, -0.05) is 12.2 Å². The van der Waals surface area contributed by atoms with Gasteiger partial charge >= 0.3 is 6.09 Å². The predicted molar refractivity (Wildman–Crippen MR) is 74.5 cm³/mol. The van der Waals surface area contributed by atoms with Crippen molar-refractivity contribution in [2.24, 2.45) is 0 Å². The standard InChI is InChI=1S/C14H21N3O2/c1-14(2,3)19-13(18)17(4)8-6-5-7-12-9-15-11-16-10-12/h5,7,9-11H,6,8H2,1-4H3/b7-5+. The maximum absolute atomic E-state index is 11.7. The Morgan fingerprint density at radius 2 is 2.00 bits per heavy atom. The monoisotopic (exact) mass is 263 g/mol. The molecule has 0 aliphatic rings. The summed E-state index contributed by atoms with van der Waals surface area (Å²) in [6.07, 6.45) is 9.34. The molecule has 19 heavy (non-hydrogen) atoms. The van der Waals surface area contributed by atoms with Gasteiger partial charge in [-0.15, -0.1) is 0 Å². The third-order valence-corrected chi connectivity index (χ3v) is 2.23. The lowest BCUT2D eigenvalue weighted by molar-refractivity contribution is 0.0302. The number of nitrogens with zero attached hydrogens (tertiary/aromatic N) is 3. The van der Waals surface area contributed by atoms with E-state index in [2.05, 4.69) is 9.97 Å². The topological polar surface area (TPSA) is 55.3 Å². The lowest BCUT2D eigenvalue weighted by Gasteiger charge is -2.24. The van der Waals surface area contributed by atoms with E-state index in [1.165, 1.54) is 6.33 Å². The van der Waals surface area contributed by atoms with E-state index in [-0.39, 0.29) is 6.09 Å². The van der Waals surface area contributed by atoms with Crippen LogP contribution >= 0.6 is 0 Å². The van der Waals surface area contributed by atoms with Crippen molar-refractivity contribution in [2.75, 3.05) is 13.6 Å². The number of carbonyl (C=O) groups is 1. The number of carbonyl (C=O) groups excluding carboxylic acids is 1. The molecule has 0 bridgehead atoms. The SMILES string of the molecule is CN(CC/C=C/c1cncnc1)C(=O)OC(C)(C)C. The minimum Gasteiger partial charge on any atom is -0.444 e. The van der Waals surface area contributed by atoms with Gasteiger partial charge in [-0.3, -0.25) is 0 Å². The van der Waals surface area contributed by atoms with Crippen molar-refractivity contribution in [3.8, 4) is 0 Å². The van der Waals surface area contributed by atoms with E-state index < -0.39 is 5.60 Å². The van der Waals surface area contributed by atoms with E-state index in [0.717, 1.165) is 12.0 Å². The molecule has 0 fully saturated rings. The van der Waals surface area contributed by atoms with Crippen LogP contribution in [0.1, 0.15) is 32.8 Å². The molecule has 1 heterocycles. The molecule has 0 saturated heterocycles. The van der Waals surface area contributed by atoms with E-state index in [1.54, 1.807) is 24.3 Å². The van der Waals surface area contributed by atoms with Crippen LogP contribution in [0.4, 0.5) is 4.79 Å². The number of rotatable bonds is 4. The highest BCUT2D eigenvalue weighted by atomic mass is 16.6. The zero-order valence-electron chi connectivity index (χ0n) is 12.0. The highest BCUT2D eigenvalue weighted by molar-refractivity contribution is 5.67. The summed E-state index contributed by atoms with van der Waals surface area (Å²) in [5.74, 6) is 0. The second kappa shape index (κ2) is 6.87. The third-order valence-electron chi connectivity index (χ3n) is 2.23. The summed E-state index contributed by atoms with van der Waals surface area (Å²) in [4.78, 5) is 21.1. The van der Waals surface area contributed by atoms with Crippen LogP contribution in [0.3, 0.4) is 0 Å². The molecule has 1 aromatic rings. The fourth-order valence-electron chi connectivity index (χ4n) is 1.32. The summed E-state index contributed by atoms with van der Waals surface area (Å²) in [5.41, 5.74) is 0.491. The predicted octanol–water partition coefficient (Wildman–Crippen LogP) is 2.75. The van der Waals surface area contributed by atoms with Gasteiger partial charge in [0.05, 0.1) is 0 Å². The van der Waals surface area contributed by atoms with Crippen molar-refractivity contribution in [1.82, 2.24) is 14.9 Å². The lowest BCUT2D eigenvalue weighted by atomic mass is 10.2. The van der Waals surface area contributed by atoms with Gasteiger partial charge in [0.15, 0.2) is 0 Å². The number of ether oxygens (including phenoxy) is 1. The molecule has 5 nitrogen and oxygen atoms in total. The summed E-state index contributed by atoms with van der Waals surface area (Å²) < 4.78 is 5.26. The normalized spacial score (nSPS) is 11.6. The van der Waals surface area contributed by atoms with Crippen LogP contribution in [-0.4, -0.2) is 40.2 Å². The largest absolute Gasteiger partial charge is 0.444 e. The van der Waals surface area contributed by atoms with Crippen LogP contribution in [0.15, 0.2) is 24.8 Å². The Morgan fingerprint density at radius 3 is 2.58 bits per heavy atom. The minimum absolute atomic E-state index is 0.302. The van der Waals surface area contributed by atoms with Crippen molar-refractivity contribution < 1.29 is 9.53 Å². The summed E-state index contributed by atoms with van der Waals surface area (Å²) >= 11 is 0. The summed E-state index contributed by atoms with van der Waals surface area (Å²) in [6, 6.07) is 0. The quantitative estimate of drug-likeness (QED) is 0.838. The Hall–Kier alpha value is -1.91. The molecule has 0 atom stereocenters. The molecule has 104 valence electrons. The van der Waals surface area contributed by atoms with Crippen LogP contribution in [0.2, 0.25) is 0 Å². The second-order valence-corrected chi connectivity index (χ2v) is 5.26. The Kier molecular flexibility index (Phi) is 5.48. The Balaban J connectivity index is 2.33. The molecular weight excluding hydrogens is 242 g/mol. The molecule has 0 unspecified atom stereocenters. The van der Waals surface area contributed by atoms with Gasteiger partial charge < -0.3 is 9.64 Å². The van der Waals surface area contributed by atoms with E-state index in [0.29, 0.717) is 6.54 Å². The van der Waals surface area contributed by atoms with Crippen molar-refractivity contribution in [2.45, 2.75) is 32.8 Å². The molecular formula is C14H21N3O2. The molecule has 0 saturated carbocycles. The zero-order chi connectivity index (χ0) is 14.3. The maximum atomic E-state index is 11.7. The van der Waals surface area contributed by atoms with Gasteiger partial charge in [-0.25, -0.2) is 14.8 Å². The first-order chi connectivity index (χ1) is 8.88. The van der Waals surface area contributed by atoms with Crippen molar-refractivity contribution >= 4 is 12.2 Å². The van der Waals surface area contributed by atoms with E-state index >= 15 is 0 Å². The fourth-order valence-corrected chi connectivity index (χ4v) is 1.32. The van der Waals surface area contributed by atoms with E-state index in [1.807, 2.05) is 32.9 Å². The molecule has 0 radical (unpaired) electrons. The number of hydrogen-bond donors (Lipinski definition) is 0. The zero-order valence-corrected chi connectivity index (χ0v) is 12.0. The van der Waals surface area contributed by atoms with E-state index in [4.69, 9.17) is 4.74 Å². The van der Waals surface area contributed by atoms with Crippen LogP contribution in [0.5, 0.6) is 0 Å².